The number of rotatable bonds is 5. The van der Waals surface area contributed by atoms with Crippen molar-refractivity contribution in [3.8, 4) is 5.75 Å². The van der Waals surface area contributed by atoms with Crippen LogP contribution in [0.5, 0.6) is 5.75 Å². The Morgan fingerprint density at radius 1 is 1.14 bits per heavy atom. The minimum absolute atomic E-state index is 0.190. The van der Waals surface area contributed by atoms with E-state index in [2.05, 4.69) is 5.32 Å². The molecule has 0 saturated carbocycles. The summed E-state index contributed by atoms with van der Waals surface area (Å²) in [5, 5.41) is 2.81. The van der Waals surface area contributed by atoms with Crippen LogP contribution < -0.4 is 15.8 Å². The van der Waals surface area contributed by atoms with Gasteiger partial charge in [-0.05, 0) is 37.6 Å². The highest BCUT2D eigenvalue weighted by Crippen LogP contribution is 2.19. The molecular formula is C17H18N2O3. The number of ether oxygens (including phenoxy) is 1. The number of carbonyl (C=O) groups is 2. The fraction of sp³-hybridized carbons (Fsp3) is 0.176. The van der Waals surface area contributed by atoms with Crippen LogP contribution in [0.25, 0.3) is 0 Å². The van der Waals surface area contributed by atoms with Crippen LogP contribution in [-0.4, -0.2) is 18.4 Å². The SMILES string of the molecule is Cc1ccc(C(=O)Nc2cccc(OCC(N)=O)c2)c(C)c1. The molecule has 0 unspecified atom stereocenters. The van der Waals surface area contributed by atoms with E-state index in [1.54, 1.807) is 30.3 Å². The molecule has 0 bridgehead atoms. The van der Waals surface area contributed by atoms with Gasteiger partial charge in [0.15, 0.2) is 6.61 Å². The Balaban J connectivity index is 2.11. The molecule has 3 N–H and O–H groups in total. The molecule has 5 heteroatoms. The lowest BCUT2D eigenvalue weighted by Crippen LogP contribution is -2.20. The number of carbonyl (C=O) groups excluding carboxylic acids is 2. The van der Waals surface area contributed by atoms with E-state index in [-0.39, 0.29) is 12.5 Å². The molecule has 2 aromatic carbocycles. The van der Waals surface area contributed by atoms with E-state index in [9.17, 15) is 9.59 Å². The summed E-state index contributed by atoms with van der Waals surface area (Å²) in [6.45, 7) is 3.68. The number of aryl methyl sites for hydroxylation is 2. The van der Waals surface area contributed by atoms with Crippen LogP contribution in [0.15, 0.2) is 42.5 Å². The number of hydrogen-bond donors (Lipinski definition) is 2. The quantitative estimate of drug-likeness (QED) is 0.889. The van der Waals surface area contributed by atoms with Gasteiger partial charge in [0.2, 0.25) is 0 Å². The summed E-state index contributed by atoms with van der Waals surface area (Å²) in [5.41, 5.74) is 8.26. The van der Waals surface area contributed by atoms with Gasteiger partial charge in [-0.1, -0.05) is 23.8 Å². The van der Waals surface area contributed by atoms with E-state index in [4.69, 9.17) is 10.5 Å². The van der Waals surface area contributed by atoms with Crippen LogP contribution in [0.1, 0.15) is 21.5 Å². The average Bonchev–Trinajstić information content (AvgIpc) is 2.45. The summed E-state index contributed by atoms with van der Waals surface area (Å²) >= 11 is 0. The third-order valence-electron chi connectivity index (χ3n) is 3.10. The third-order valence-corrected chi connectivity index (χ3v) is 3.10. The van der Waals surface area contributed by atoms with Gasteiger partial charge in [0.05, 0.1) is 0 Å². The van der Waals surface area contributed by atoms with E-state index >= 15 is 0 Å². The van der Waals surface area contributed by atoms with E-state index in [0.29, 0.717) is 17.0 Å². The Hall–Kier alpha value is -2.82. The number of amides is 2. The highest BCUT2D eigenvalue weighted by Gasteiger charge is 2.09. The topological polar surface area (TPSA) is 81.4 Å². The van der Waals surface area contributed by atoms with E-state index in [1.807, 2.05) is 26.0 Å². The maximum Gasteiger partial charge on any atom is 0.255 e. The molecule has 2 amide bonds. The molecule has 2 aromatic rings. The average molecular weight is 298 g/mol. The fourth-order valence-corrected chi connectivity index (χ4v) is 2.08. The third kappa shape index (κ3) is 4.09. The van der Waals surface area contributed by atoms with Crippen LogP contribution in [0, 0.1) is 13.8 Å². The lowest BCUT2D eigenvalue weighted by molar-refractivity contribution is -0.119. The Morgan fingerprint density at radius 3 is 2.59 bits per heavy atom. The second-order valence-corrected chi connectivity index (χ2v) is 5.06. The summed E-state index contributed by atoms with van der Waals surface area (Å²) in [6, 6.07) is 12.5. The first kappa shape index (κ1) is 15.6. The number of benzene rings is 2. The second-order valence-electron chi connectivity index (χ2n) is 5.06. The molecule has 114 valence electrons. The Morgan fingerprint density at radius 2 is 1.91 bits per heavy atom. The van der Waals surface area contributed by atoms with E-state index in [0.717, 1.165) is 11.1 Å². The second kappa shape index (κ2) is 6.76. The predicted molar refractivity (Wildman–Crippen MR) is 85.0 cm³/mol. The van der Waals surface area contributed by atoms with Crippen molar-refractivity contribution in [2.75, 3.05) is 11.9 Å². The highest BCUT2D eigenvalue weighted by molar-refractivity contribution is 6.05. The van der Waals surface area contributed by atoms with Crippen molar-refractivity contribution < 1.29 is 14.3 Å². The summed E-state index contributed by atoms with van der Waals surface area (Å²) < 4.78 is 5.21. The van der Waals surface area contributed by atoms with Crippen LogP contribution >= 0.6 is 0 Å². The first-order valence-electron chi connectivity index (χ1n) is 6.85. The Bertz CT molecular complexity index is 711. The molecule has 0 heterocycles. The molecule has 2 rings (SSSR count). The minimum atomic E-state index is -0.551. The number of anilines is 1. The van der Waals surface area contributed by atoms with Crippen molar-refractivity contribution in [1.82, 2.24) is 0 Å². The van der Waals surface area contributed by atoms with Gasteiger partial charge in [-0.25, -0.2) is 0 Å². The summed E-state index contributed by atoms with van der Waals surface area (Å²) in [6.07, 6.45) is 0. The van der Waals surface area contributed by atoms with Crippen molar-refractivity contribution in [3.05, 3.63) is 59.2 Å². The number of hydrogen-bond acceptors (Lipinski definition) is 3. The zero-order chi connectivity index (χ0) is 16.1. The van der Waals surface area contributed by atoms with Gasteiger partial charge >= 0.3 is 0 Å². The van der Waals surface area contributed by atoms with Crippen LogP contribution in [0.2, 0.25) is 0 Å². The molecule has 0 spiro atoms. The van der Waals surface area contributed by atoms with Gasteiger partial charge in [-0.15, -0.1) is 0 Å². The van der Waals surface area contributed by atoms with Gasteiger partial charge < -0.3 is 15.8 Å². The van der Waals surface area contributed by atoms with Gasteiger partial charge in [0, 0.05) is 17.3 Å². The standard InChI is InChI=1S/C17H18N2O3/c1-11-6-7-15(12(2)8-11)17(21)19-13-4-3-5-14(9-13)22-10-16(18)20/h3-9H,10H2,1-2H3,(H2,18,20)(H,19,21). The summed E-state index contributed by atoms with van der Waals surface area (Å²) in [5.74, 6) is -0.272. The lowest BCUT2D eigenvalue weighted by atomic mass is 10.1. The number of nitrogens with two attached hydrogens (primary N) is 1. The maximum absolute atomic E-state index is 12.3. The van der Waals surface area contributed by atoms with E-state index in [1.165, 1.54) is 0 Å². The summed E-state index contributed by atoms with van der Waals surface area (Å²) in [4.78, 5) is 23.0. The van der Waals surface area contributed by atoms with Crippen LogP contribution in [0.4, 0.5) is 5.69 Å². The van der Waals surface area contributed by atoms with E-state index < -0.39 is 5.91 Å². The zero-order valence-corrected chi connectivity index (χ0v) is 12.6. The van der Waals surface area contributed by atoms with Gasteiger partial charge in [0.25, 0.3) is 11.8 Å². The molecule has 0 radical (unpaired) electrons. The maximum atomic E-state index is 12.3. The van der Waals surface area contributed by atoms with Crippen molar-refractivity contribution in [1.29, 1.82) is 0 Å². The first-order chi connectivity index (χ1) is 10.5. The molecule has 22 heavy (non-hydrogen) atoms. The lowest BCUT2D eigenvalue weighted by Gasteiger charge is -2.10. The molecule has 0 fully saturated rings. The van der Waals surface area contributed by atoms with Gasteiger partial charge in [0.1, 0.15) is 5.75 Å². The van der Waals surface area contributed by atoms with Crippen molar-refractivity contribution in [2.24, 2.45) is 5.73 Å². The van der Waals surface area contributed by atoms with Crippen LogP contribution in [-0.2, 0) is 4.79 Å². The molecular weight excluding hydrogens is 280 g/mol. The molecule has 0 aliphatic carbocycles. The Kier molecular flexibility index (Phi) is 4.78. The molecule has 0 aliphatic heterocycles. The normalized spacial score (nSPS) is 10.1. The molecule has 0 aliphatic rings. The van der Waals surface area contributed by atoms with Gasteiger partial charge in [-0.2, -0.15) is 0 Å². The monoisotopic (exact) mass is 298 g/mol. The highest BCUT2D eigenvalue weighted by atomic mass is 16.5. The van der Waals surface area contributed by atoms with Crippen molar-refractivity contribution in [2.45, 2.75) is 13.8 Å². The van der Waals surface area contributed by atoms with Crippen molar-refractivity contribution >= 4 is 17.5 Å². The molecule has 5 nitrogen and oxygen atoms in total. The largest absolute Gasteiger partial charge is 0.484 e. The molecule has 0 saturated heterocycles. The molecule has 0 atom stereocenters. The summed E-state index contributed by atoms with van der Waals surface area (Å²) in [7, 11) is 0. The Labute approximate surface area is 129 Å². The molecule has 0 aromatic heterocycles. The zero-order valence-electron chi connectivity index (χ0n) is 12.6. The first-order valence-corrected chi connectivity index (χ1v) is 6.85. The fourth-order valence-electron chi connectivity index (χ4n) is 2.08. The number of nitrogens with one attached hydrogen (secondary N) is 1. The minimum Gasteiger partial charge on any atom is -0.484 e. The van der Waals surface area contributed by atoms with Crippen molar-refractivity contribution in [3.63, 3.8) is 0 Å². The smallest absolute Gasteiger partial charge is 0.255 e. The number of primary amides is 1. The van der Waals surface area contributed by atoms with Crippen LogP contribution in [0.3, 0.4) is 0 Å². The van der Waals surface area contributed by atoms with Gasteiger partial charge in [-0.3, -0.25) is 9.59 Å². The predicted octanol–water partition coefficient (Wildman–Crippen LogP) is 2.42.